The van der Waals surface area contributed by atoms with Crippen molar-refractivity contribution in [2.75, 3.05) is 0 Å². The van der Waals surface area contributed by atoms with Crippen LogP contribution in [-0.2, 0) is 0 Å². The molecule has 2 aromatic heterocycles. The lowest BCUT2D eigenvalue weighted by atomic mass is 10.2. The second kappa shape index (κ2) is 5.05. The lowest BCUT2D eigenvalue weighted by Gasteiger charge is -2.09. The third-order valence-electron chi connectivity index (χ3n) is 2.88. The molecular weight excluding hydrogens is 281 g/mol. The van der Waals surface area contributed by atoms with E-state index in [4.69, 9.17) is 4.74 Å². The summed E-state index contributed by atoms with van der Waals surface area (Å²) in [4.78, 5) is 7.43. The molecule has 6 heteroatoms. The molecular formula is C15H9F3N2O. The van der Waals surface area contributed by atoms with Gasteiger partial charge in [-0.2, -0.15) is 9.37 Å². The summed E-state index contributed by atoms with van der Waals surface area (Å²) in [6, 6.07) is 9.09. The van der Waals surface area contributed by atoms with Crippen LogP contribution >= 0.6 is 0 Å². The molecule has 0 N–H and O–H groups in total. The van der Waals surface area contributed by atoms with Crippen molar-refractivity contribution in [3.8, 4) is 11.6 Å². The molecule has 0 saturated carbocycles. The van der Waals surface area contributed by atoms with E-state index in [1.54, 1.807) is 19.1 Å². The first-order valence-corrected chi connectivity index (χ1v) is 6.10. The quantitative estimate of drug-likeness (QED) is 0.665. The molecule has 0 radical (unpaired) electrons. The van der Waals surface area contributed by atoms with Gasteiger partial charge in [-0.25, -0.2) is 13.8 Å². The largest absolute Gasteiger partial charge is 0.434 e. The maximum Gasteiger partial charge on any atom is 0.258 e. The Morgan fingerprint density at radius 1 is 0.952 bits per heavy atom. The van der Waals surface area contributed by atoms with Gasteiger partial charge < -0.3 is 4.74 Å². The van der Waals surface area contributed by atoms with Crippen molar-refractivity contribution in [1.29, 1.82) is 0 Å². The topological polar surface area (TPSA) is 35.0 Å². The van der Waals surface area contributed by atoms with Crippen LogP contribution < -0.4 is 4.74 Å². The number of para-hydroxylation sites is 1. The number of fused-ring (bicyclic) bond motifs is 1. The first kappa shape index (κ1) is 13.4. The van der Waals surface area contributed by atoms with Crippen LogP contribution in [0, 0.1) is 24.5 Å². The minimum Gasteiger partial charge on any atom is -0.434 e. The fourth-order valence-corrected chi connectivity index (χ4v) is 1.90. The van der Waals surface area contributed by atoms with Crippen LogP contribution in [0.4, 0.5) is 13.2 Å². The maximum absolute atomic E-state index is 13.6. The summed E-state index contributed by atoms with van der Waals surface area (Å²) in [6.45, 7) is 1.80. The zero-order valence-corrected chi connectivity index (χ0v) is 10.9. The Morgan fingerprint density at radius 3 is 2.57 bits per heavy atom. The van der Waals surface area contributed by atoms with E-state index in [9.17, 15) is 13.2 Å². The maximum atomic E-state index is 13.6. The van der Waals surface area contributed by atoms with Crippen LogP contribution in [0.25, 0.3) is 10.9 Å². The standard InChI is InChI=1S/C15H9F3N2O/c1-8-5-6-9-3-2-4-12(13(9)19-8)21-15-11(17)7-10(16)14(18)20-15/h2-7H,1H3. The van der Waals surface area contributed by atoms with E-state index < -0.39 is 23.5 Å². The lowest BCUT2D eigenvalue weighted by molar-refractivity contribution is 0.389. The summed E-state index contributed by atoms with van der Waals surface area (Å²) < 4.78 is 44.8. The zero-order chi connectivity index (χ0) is 15.0. The number of hydrogen-bond donors (Lipinski definition) is 0. The first-order valence-electron chi connectivity index (χ1n) is 6.10. The highest BCUT2D eigenvalue weighted by molar-refractivity contribution is 5.84. The molecule has 0 bridgehead atoms. The van der Waals surface area contributed by atoms with E-state index in [0.717, 1.165) is 11.1 Å². The highest BCUT2D eigenvalue weighted by Gasteiger charge is 2.15. The summed E-state index contributed by atoms with van der Waals surface area (Å²) in [6.07, 6.45) is 0. The fourth-order valence-electron chi connectivity index (χ4n) is 1.90. The van der Waals surface area contributed by atoms with E-state index in [2.05, 4.69) is 9.97 Å². The molecule has 0 unspecified atom stereocenters. The fraction of sp³-hybridized carbons (Fsp3) is 0.0667. The van der Waals surface area contributed by atoms with Gasteiger partial charge in [-0.05, 0) is 19.1 Å². The van der Waals surface area contributed by atoms with Crippen molar-refractivity contribution >= 4 is 10.9 Å². The molecule has 0 spiro atoms. The number of aryl methyl sites for hydroxylation is 1. The van der Waals surface area contributed by atoms with Gasteiger partial charge in [0.1, 0.15) is 5.52 Å². The number of nitrogens with zero attached hydrogens (tertiary/aromatic N) is 2. The van der Waals surface area contributed by atoms with Gasteiger partial charge in [0, 0.05) is 17.1 Å². The van der Waals surface area contributed by atoms with Gasteiger partial charge in [-0.15, -0.1) is 0 Å². The summed E-state index contributed by atoms with van der Waals surface area (Å²) in [5.74, 6) is -4.29. The van der Waals surface area contributed by atoms with Crippen LogP contribution in [0.2, 0.25) is 0 Å². The SMILES string of the molecule is Cc1ccc2cccc(Oc3nc(F)c(F)cc3F)c2n1. The highest BCUT2D eigenvalue weighted by Crippen LogP contribution is 2.29. The van der Waals surface area contributed by atoms with Gasteiger partial charge in [-0.3, -0.25) is 0 Å². The second-order valence-electron chi connectivity index (χ2n) is 4.43. The highest BCUT2D eigenvalue weighted by atomic mass is 19.2. The Morgan fingerprint density at radius 2 is 1.76 bits per heavy atom. The predicted molar refractivity (Wildman–Crippen MR) is 70.7 cm³/mol. The van der Waals surface area contributed by atoms with Crippen molar-refractivity contribution in [3.63, 3.8) is 0 Å². The van der Waals surface area contributed by atoms with E-state index in [-0.39, 0.29) is 5.75 Å². The molecule has 2 heterocycles. The van der Waals surface area contributed by atoms with Gasteiger partial charge >= 0.3 is 0 Å². The summed E-state index contributed by atoms with van der Waals surface area (Å²) in [7, 11) is 0. The Labute approximate surface area is 118 Å². The van der Waals surface area contributed by atoms with E-state index in [0.29, 0.717) is 11.6 Å². The Balaban J connectivity index is 2.10. The monoisotopic (exact) mass is 290 g/mol. The Kier molecular flexibility index (Phi) is 3.21. The number of halogens is 3. The molecule has 0 amide bonds. The zero-order valence-electron chi connectivity index (χ0n) is 10.9. The smallest absolute Gasteiger partial charge is 0.258 e. The van der Waals surface area contributed by atoms with Crippen LogP contribution in [-0.4, -0.2) is 9.97 Å². The molecule has 21 heavy (non-hydrogen) atoms. The van der Waals surface area contributed by atoms with Crippen molar-refractivity contribution in [3.05, 3.63) is 59.7 Å². The first-order chi connectivity index (χ1) is 10.0. The summed E-state index contributed by atoms with van der Waals surface area (Å²) >= 11 is 0. The molecule has 0 fully saturated rings. The molecule has 3 nitrogen and oxygen atoms in total. The number of aromatic nitrogens is 2. The van der Waals surface area contributed by atoms with Gasteiger partial charge in [0.2, 0.25) is 0 Å². The van der Waals surface area contributed by atoms with Crippen molar-refractivity contribution in [2.45, 2.75) is 6.92 Å². The van der Waals surface area contributed by atoms with E-state index >= 15 is 0 Å². The average molecular weight is 290 g/mol. The van der Waals surface area contributed by atoms with Gasteiger partial charge in [0.05, 0.1) is 0 Å². The molecule has 1 aromatic carbocycles. The van der Waals surface area contributed by atoms with Gasteiger partial charge in [0.15, 0.2) is 17.4 Å². The third kappa shape index (κ3) is 2.52. The van der Waals surface area contributed by atoms with Crippen LogP contribution in [0.5, 0.6) is 11.6 Å². The number of hydrogen-bond acceptors (Lipinski definition) is 3. The molecule has 106 valence electrons. The third-order valence-corrected chi connectivity index (χ3v) is 2.88. The second-order valence-corrected chi connectivity index (χ2v) is 4.43. The van der Waals surface area contributed by atoms with E-state index in [1.165, 1.54) is 0 Å². The van der Waals surface area contributed by atoms with Crippen molar-refractivity contribution in [2.24, 2.45) is 0 Å². The number of rotatable bonds is 2. The van der Waals surface area contributed by atoms with Crippen LogP contribution in [0.15, 0.2) is 36.4 Å². The van der Waals surface area contributed by atoms with E-state index in [1.807, 2.05) is 18.2 Å². The Bertz CT molecular complexity index is 837. The van der Waals surface area contributed by atoms with Crippen LogP contribution in [0.3, 0.4) is 0 Å². The molecule has 0 aliphatic heterocycles. The molecule has 0 saturated heterocycles. The van der Waals surface area contributed by atoms with Crippen molar-refractivity contribution < 1.29 is 17.9 Å². The summed E-state index contributed by atoms with van der Waals surface area (Å²) in [5, 5.41) is 0.779. The molecule has 0 aliphatic rings. The minimum atomic E-state index is -1.42. The average Bonchev–Trinajstić information content (AvgIpc) is 2.45. The lowest BCUT2D eigenvalue weighted by Crippen LogP contribution is -1.99. The molecule has 3 aromatic rings. The summed E-state index contributed by atoms with van der Waals surface area (Å²) in [5.41, 5.74) is 1.24. The van der Waals surface area contributed by atoms with Gasteiger partial charge in [0.25, 0.3) is 11.8 Å². The number of pyridine rings is 2. The Hall–Kier alpha value is -2.63. The molecule has 0 aliphatic carbocycles. The predicted octanol–water partition coefficient (Wildman–Crippen LogP) is 4.15. The van der Waals surface area contributed by atoms with Gasteiger partial charge in [-0.1, -0.05) is 18.2 Å². The normalized spacial score (nSPS) is 10.9. The number of ether oxygens (including phenoxy) is 1. The van der Waals surface area contributed by atoms with Crippen LogP contribution in [0.1, 0.15) is 5.69 Å². The molecule has 0 atom stereocenters. The minimum absolute atomic E-state index is 0.216. The van der Waals surface area contributed by atoms with Crippen molar-refractivity contribution in [1.82, 2.24) is 9.97 Å². The number of benzene rings is 1. The molecule has 3 rings (SSSR count).